The smallest absolute Gasteiger partial charge is 0.334 e. The molecule has 0 aromatic heterocycles. The standard InChI is InChI=1S/C9H17N3O5/c1-3-10-7(14)5-12(2)9(17)11-4-6(13)8(15)16/h6,13H,3-5H2,1-2H3,(H,10,14)(H,11,17)(H,15,16). The lowest BCUT2D eigenvalue weighted by Gasteiger charge is -2.17. The molecule has 0 aliphatic heterocycles. The van der Waals surface area contributed by atoms with Crippen LogP contribution in [0.3, 0.4) is 0 Å². The monoisotopic (exact) mass is 247 g/mol. The topological polar surface area (TPSA) is 119 Å². The zero-order valence-corrected chi connectivity index (χ0v) is 9.77. The fourth-order valence-corrected chi connectivity index (χ4v) is 0.947. The number of nitrogens with zero attached hydrogens (tertiary/aromatic N) is 1. The summed E-state index contributed by atoms with van der Waals surface area (Å²) in [5.41, 5.74) is 0. The van der Waals surface area contributed by atoms with Gasteiger partial charge < -0.3 is 25.7 Å². The second kappa shape index (κ2) is 7.44. The molecule has 8 nitrogen and oxygen atoms in total. The maximum absolute atomic E-state index is 11.3. The molecule has 0 aromatic carbocycles. The average Bonchev–Trinajstić information content (AvgIpc) is 2.25. The number of aliphatic carboxylic acids is 1. The number of likely N-dealkylation sites (N-methyl/N-ethyl adjacent to an activating group) is 2. The number of hydrogen-bond donors (Lipinski definition) is 4. The first-order valence-corrected chi connectivity index (χ1v) is 5.05. The molecule has 0 aliphatic carbocycles. The molecule has 1 atom stereocenters. The molecular weight excluding hydrogens is 230 g/mol. The first kappa shape index (κ1) is 15.2. The maximum Gasteiger partial charge on any atom is 0.334 e. The predicted molar refractivity (Wildman–Crippen MR) is 58.4 cm³/mol. The van der Waals surface area contributed by atoms with Gasteiger partial charge in [0.05, 0.1) is 6.54 Å². The van der Waals surface area contributed by atoms with E-state index in [0.29, 0.717) is 6.54 Å². The highest BCUT2D eigenvalue weighted by Gasteiger charge is 2.17. The molecular formula is C9H17N3O5. The van der Waals surface area contributed by atoms with Crippen LogP contribution in [0.1, 0.15) is 6.92 Å². The fraction of sp³-hybridized carbons (Fsp3) is 0.667. The second-order valence-corrected chi connectivity index (χ2v) is 3.35. The molecule has 3 amide bonds. The molecule has 0 spiro atoms. The summed E-state index contributed by atoms with van der Waals surface area (Å²) in [6, 6.07) is -0.628. The third-order valence-corrected chi connectivity index (χ3v) is 1.83. The van der Waals surface area contributed by atoms with Crippen LogP contribution in [-0.2, 0) is 9.59 Å². The lowest BCUT2D eigenvalue weighted by atomic mass is 10.3. The van der Waals surface area contributed by atoms with Crippen molar-refractivity contribution in [2.45, 2.75) is 13.0 Å². The summed E-state index contributed by atoms with van der Waals surface area (Å²) < 4.78 is 0. The van der Waals surface area contributed by atoms with Gasteiger partial charge in [-0.25, -0.2) is 9.59 Å². The molecule has 0 rings (SSSR count). The van der Waals surface area contributed by atoms with Crippen LogP contribution in [0.2, 0.25) is 0 Å². The zero-order valence-electron chi connectivity index (χ0n) is 9.77. The Hall–Kier alpha value is -1.83. The Morgan fingerprint density at radius 1 is 1.29 bits per heavy atom. The Bertz CT molecular complexity index is 294. The van der Waals surface area contributed by atoms with E-state index >= 15 is 0 Å². The van der Waals surface area contributed by atoms with Crippen molar-refractivity contribution in [1.29, 1.82) is 0 Å². The van der Waals surface area contributed by atoms with Crippen molar-refractivity contribution in [3.05, 3.63) is 0 Å². The van der Waals surface area contributed by atoms with Crippen molar-refractivity contribution >= 4 is 17.9 Å². The van der Waals surface area contributed by atoms with Gasteiger partial charge >= 0.3 is 12.0 Å². The van der Waals surface area contributed by atoms with Crippen LogP contribution in [0.4, 0.5) is 4.79 Å². The summed E-state index contributed by atoms with van der Waals surface area (Å²) in [7, 11) is 1.39. The van der Waals surface area contributed by atoms with E-state index in [1.165, 1.54) is 7.05 Å². The van der Waals surface area contributed by atoms with E-state index in [0.717, 1.165) is 4.90 Å². The molecule has 17 heavy (non-hydrogen) atoms. The number of nitrogens with one attached hydrogen (secondary N) is 2. The Labute approximate surface area is 98.6 Å². The average molecular weight is 247 g/mol. The lowest BCUT2D eigenvalue weighted by Crippen LogP contribution is -2.46. The minimum Gasteiger partial charge on any atom is -0.479 e. The summed E-state index contributed by atoms with van der Waals surface area (Å²) in [5, 5.41) is 22.0. The molecule has 0 fully saturated rings. The fourth-order valence-electron chi connectivity index (χ4n) is 0.947. The van der Waals surface area contributed by atoms with Gasteiger partial charge in [0.2, 0.25) is 5.91 Å². The summed E-state index contributed by atoms with van der Waals surface area (Å²) in [6.07, 6.45) is -1.66. The van der Waals surface area contributed by atoms with Gasteiger partial charge in [-0.3, -0.25) is 4.79 Å². The maximum atomic E-state index is 11.3. The normalized spacial score (nSPS) is 11.5. The number of amides is 3. The van der Waals surface area contributed by atoms with Crippen molar-refractivity contribution in [2.75, 3.05) is 26.7 Å². The summed E-state index contributed by atoms with van der Waals surface area (Å²) in [4.78, 5) is 33.8. The summed E-state index contributed by atoms with van der Waals surface area (Å²) in [5.74, 6) is -1.74. The van der Waals surface area contributed by atoms with E-state index in [-0.39, 0.29) is 12.5 Å². The highest BCUT2D eigenvalue weighted by atomic mass is 16.4. The number of carbonyl (C=O) groups is 3. The number of carboxylic acids is 1. The Morgan fingerprint density at radius 3 is 2.35 bits per heavy atom. The Morgan fingerprint density at radius 2 is 1.88 bits per heavy atom. The number of rotatable bonds is 6. The van der Waals surface area contributed by atoms with Crippen molar-refractivity contribution in [1.82, 2.24) is 15.5 Å². The van der Waals surface area contributed by atoms with Gasteiger partial charge in [0.15, 0.2) is 6.10 Å². The van der Waals surface area contributed by atoms with Gasteiger partial charge in [-0.1, -0.05) is 0 Å². The molecule has 0 saturated heterocycles. The molecule has 0 heterocycles. The van der Waals surface area contributed by atoms with E-state index in [2.05, 4.69) is 10.6 Å². The number of aliphatic hydroxyl groups excluding tert-OH is 1. The van der Waals surface area contributed by atoms with Crippen LogP contribution in [0.25, 0.3) is 0 Å². The van der Waals surface area contributed by atoms with E-state index in [1.807, 2.05) is 0 Å². The van der Waals surface area contributed by atoms with Crippen molar-refractivity contribution in [3.63, 3.8) is 0 Å². The van der Waals surface area contributed by atoms with Gasteiger partial charge in [-0.2, -0.15) is 0 Å². The van der Waals surface area contributed by atoms with Gasteiger partial charge in [-0.15, -0.1) is 0 Å². The molecule has 0 aliphatic rings. The summed E-state index contributed by atoms with van der Waals surface area (Å²) >= 11 is 0. The highest BCUT2D eigenvalue weighted by Crippen LogP contribution is 1.86. The molecule has 0 bridgehead atoms. The number of urea groups is 1. The SMILES string of the molecule is CCNC(=O)CN(C)C(=O)NCC(O)C(=O)O. The van der Waals surface area contributed by atoms with Gasteiger partial charge in [0, 0.05) is 13.6 Å². The zero-order chi connectivity index (χ0) is 13.4. The van der Waals surface area contributed by atoms with Gasteiger partial charge in [0.1, 0.15) is 6.54 Å². The van der Waals surface area contributed by atoms with Crippen LogP contribution in [0.5, 0.6) is 0 Å². The number of carbonyl (C=O) groups excluding carboxylic acids is 2. The molecule has 98 valence electrons. The molecule has 8 heteroatoms. The molecule has 0 aromatic rings. The van der Waals surface area contributed by atoms with Crippen LogP contribution in [0.15, 0.2) is 0 Å². The minimum absolute atomic E-state index is 0.136. The first-order valence-electron chi connectivity index (χ1n) is 5.05. The Balaban J connectivity index is 3.97. The number of carboxylic acid groups (broad SMARTS) is 1. The van der Waals surface area contributed by atoms with Crippen molar-refractivity contribution in [3.8, 4) is 0 Å². The molecule has 0 radical (unpaired) electrons. The second-order valence-electron chi connectivity index (χ2n) is 3.35. The molecule has 1 unspecified atom stereocenters. The quantitative estimate of drug-likeness (QED) is 0.442. The minimum atomic E-state index is -1.66. The largest absolute Gasteiger partial charge is 0.479 e. The van der Waals surface area contributed by atoms with E-state index < -0.39 is 24.6 Å². The van der Waals surface area contributed by atoms with Crippen molar-refractivity contribution < 1.29 is 24.6 Å². The van der Waals surface area contributed by atoms with Crippen LogP contribution < -0.4 is 10.6 Å². The predicted octanol–water partition coefficient (Wildman–Crippen LogP) is -1.79. The van der Waals surface area contributed by atoms with Crippen molar-refractivity contribution in [2.24, 2.45) is 0 Å². The Kier molecular flexibility index (Phi) is 6.64. The van der Waals surface area contributed by atoms with Crippen LogP contribution in [0, 0.1) is 0 Å². The number of hydrogen-bond acceptors (Lipinski definition) is 4. The highest BCUT2D eigenvalue weighted by molar-refractivity contribution is 5.84. The van der Waals surface area contributed by atoms with E-state index in [1.54, 1.807) is 6.92 Å². The van der Waals surface area contributed by atoms with Gasteiger partial charge in [-0.05, 0) is 6.92 Å². The van der Waals surface area contributed by atoms with Crippen LogP contribution >= 0.6 is 0 Å². The third-order valence-electron chi connectivity index (χ3n) is 1.83. The molecule has 0 saturated carbocycles. The van der Waals surface area contributed by atoms with Gasteiger partial charge in [0.25, 0.3) is 0 Å². The van der Waals surface area contributed by atoms with E-state index in [9.17, 15) is 14.4 Å². The summed E-state index contributed by atoms with van der Waals surface area (Å²) in [6.45, 7) is 1.67. The first-order chi connectivity index (χ1) is 7.88. The van der Waals surface area contributed by atoms with Crippen LogP contribution in [-0.4, -0.2) is 65.8 Å². The third kappa shape index (κ3) is 6.36. The number of aliphatic hydroxyl groups is 1. The lowest BCUT2D eigenvalue weighted by molar-refractivity contribution is -0.146. The molecule has 4 N–H and O–H groups in total. The van der Waals surface area contributed by atoms with E-state index in [4.69, 9.17) is 10.2 Å².